The van der Waals surface area contributed by atoms with Gasteiger partial charge in [0, 0.05) is 49.0 Å². The highest BCUT2D eigenvalue weighted by Crippen LogP contribution is 2.66. The first kappa shape index (κ1) is 43.0. The van der Waals surface area contributed by atoms with Gasteiger partial charge in [-0.25, -0.2) is 0 Å². The molecule has 354 valence electrons. The second kappa shape index (κ2) is 17.0. The molecule has 0 spiro atoms. The second-order valence-corrected chi connectivity index (χ2v) is 22.7. The van der Waals surface area contributed by atoms with Crippen LogP contribution in [0.1, 0.15) is 44.8 Å². The van der Waals surface area contributed by atoms with Crippen molar-refractivity contribution < 1.29 is 0 Å². The average Bonchev–Trinajstić information content (AvgIpc) is 4.29. The van der Waals surface area contributed by atoms with Crippen molar-refractivity contribution in [3.8, 4) is 50.2 Å². The molecule has 0 bridgehead atoms. The predicted octanol–water partition coefficient (Wildman–Crippen LogP) is 19.5. The Labute approximate surface area is 445 Å². The van der Waals surface area contributed by atoms with Crippen LogP contribution < -0.4 is 9.80 Å². The third-order valence-electron chi connectivity index (χ3n) is 16.2. The zero-order valence-electron chi connectivity index (χ0n) is 40.8. The number of nitrogens with zero attached hydrogens (tertiary/aromatic N) is 3. The van der Waals surface area contributed by atoms with Gasteiger partial charge in [-0.1, -0.05) is 158 Å². The fourth-order valence-electron chi connectivity index (χ4n) is 12.8. The Kier molecular flexibility index (Phi) is 9.76. The Morgan fingerprint density at radius 1 is 0.267 bits per heavy atom. The standard InChI is InChI=1S/C70H47N3S2/c1-5-17-44(18-6-1)50-37-51(45-19-7-2-8-20-45)39-54(38-50)73-64-36-32-49(43-60(64)70-68(73)56-26-14-16-28-66(56)75-70)47-30-34-62-58(41-47)57-40-46(29-33-61(57)71(62)52-21-9-3-10-22-52)48-31-35-63-59(42-48)69-67(55-25-13-15-27-65(55)74-69)72(63)53-23-11-4-12-24-53/h1-43,67-70H. The van der Waals surface area contributed by atoms with E-state index in [9.17, 15) is 0 Å². The van der Waals surface area contributed by atoms with Gasteiger partial charge in [-0.15, -0.1) is 23.5 Å². The summed E-state index contributed by atoms with van der Waals surface area (Å²) in [7, 11) is 0. The number of fused-ring (bicyclic) bond motifs is 13. The van der Waals surface area contributed by atoms with E-state index in [0.29, 0.717) is 5.25 Å². The van der Waals surface area contributed by atoms with Crippen molar-refractivity contribution in [3.63, 3.8) is 0 Å². The number of anilines is 4. The van der Waals surface area contributed by atoms with Gasteiger partial charge in [-0.3, -0.25) is 0 Å². The maximum atomic E-state index is 2.64. The van der Waals surface area contributed by atoms with Gasteiger partial charge < -0.3 is 14.4 Å². The summed E-state index contributed by atoms with van der Waals surface area (Å²) < 4.78 is 2.44. The first-order chi connectivity index (χ1) is 37.2. The van der Waals surface area contributed by atoms with E-state index >= 15 is 0 Å². The maximum absolute atomic E-state index is 2.64. The molecule has 0 saturated heterocycles. The molecule has 1 aromatic heterocycles. The lowest BCUT2D eigenvalue weighted by Gasteiger charge is -2.29. The molecule has 4 unspecified atom stereocenters. The van der Waals surface area contributed by atoms with Gasteiger partial charge in [0.05, 0.1) is 33.6 Å². The smallest absolute Gasteiger partial charge is 0.0766 e. The molecule has 5 heterocycles. The molecule has 4 aliphatic heterocycles. The number of benzene rings is 11. The summed E-state index contributed by atoms with van der Waals surface area (Å²) >= 11 is 4.03. The summed E-state index contributed by atoms with van der Waals surface area (Å²) in [5.74, 6) is 0. The van der Waals surface area contributed by atoms with Crippen molar-refractivity contribution in [1.82, 2.24) is 4.57 Å². The first-order valence-corrected chi connectivity index (χ1v) is 27.8. The van der Waals surface area contributed by atoms with Crippen LogP contribution in [0.5, 0.6) is 0 Å². The van der Waals surface area contributed by atoms with E-state index in [2.05, 4.69) is 275 Å². The number of rotatable bonds is 7. The van der Waals surface area contributed by atoms with Crippen LogP contribution in [-0.4, -0.2) is 4.57 Å². The molecule has 75 heavy (non-hydrogen) atoms. The highest BCUT2D eigenvalue weighted by Gasteiger charge is 2.47. The van der Waals surface area contributed by atoms with E-state index in [1.165, 1.54) is 121 Å². The van der Waals surface area contributed by atoms with Crippen LogP contribution in [0, 0.1) is 0 Å². The predicted molar refractivity (Wildman–Crippen MR) is 315 cm³/mol. The molecular formula is C70H47N3S2. The summed E-state index contributed by atoms with van der Waals surface area (Å²) in [6.45, 7) is 0. The lowest BCUT2D eigenvalue weighted by Crippen LogP contribution is -2.19. The Bertz CT molecular complexity index is 4170. The van der Waals surface area contributed by atoms with Crippen LogP contribution >= 0.6 is 23.5 Å². The molecule has 3 nitrogen and oxygen atoms in total. The van der Waals surface area contributed by atoms with Crippen molar-refractivity contribution in [3.05, 3.63) is 283 Å². The van der Waals surface area contributed by atoms with Crippen LogP contribution in [0.2, 0.25) is 0 Å². The topological polar surface area (TPSA) is 11.4 Å². The fourth-order valence-corrected chi connectivity index (χ4v) is 15.8. The van der Waals surface area contributed by atoms with Gasteiger partial charge in [-0.05, 0) is 170 Å². The molecule has 4 atom stereocenters. The Morgan fingerprint density at radius 2 is 0.667 bits per heavy atom. The minimum Gasteiger partial charge on any atom is -0.332 e. The molecule has 16 rings (SSSR count). The Morgan fingerprint density at radius 3 is 1.16 bits per heavy atom. The highest BCUT2D eigenvalue weighted by molar-refractivity contribution is 8.00. The summed E-state index contributed by atoms with van der Waals surface area (Å²) in [6, 6.07) is 97.8. The minimum absolute atomic E-state index is 0.157. The number of aromatic nitrogens is 1. The van der Waals surface area contributed by atoms with Gasteiger partial charge in [0.2, 0.25) is 0 Å². The molecular weight excluding hydrogens is 947 g/mol. The Hall–Kier alpha value is -8.48. The molecule has 11 aromatic carbocycles. The lowest BCUT2D eigenvalue weighted by atomic mass is 9.96. The lowest BCUT2D eigenvalue weighted by molar-refractivity contribution is 0.737. The normalized spacial score (nSPS) is 17.7. The van der Waals surface area contributed by atoms with Gasteiger partial charge in [0.15, 0.2) is 0 Å². The van der Waals surface area contributed by atoms with E-state index in [0.717, 1.165) is 5.69 Å². The zero-order valence-corrected chi connectivity index (χ0v) is 42.4. The molecule has 0 fully saturated rings. The van der Waals surface area contributed by atoms with Crippen molar-refractivity contribution >= 4 is 68.1 Å². The maximum Gasteiger partial charge on any atom is 0.0766 e. The van der Waals surface area contributed by atoms with Gasteiger partial charge in [0.1, 0.15) is 0 Å². The van der Waals surface area contributed by atoms with E-state index < -0.39 is 0 Å². The van der Waals surface area contributed by atoms with Gasteiger partial charge in [-0.2, -0.15) is 0 Å². The largest absolute Gasteiger partial charge is 0.332 e. The minimum atomic E-state index is 0.157. The number of para-hydroxylation sites is 2. The first-order valence-electron chi connectivity index (χ1n) is 26.0. The molecule has 0 aliphatic carbocycles. The van der Waals surface area contributed by atoms with Crippen LogP contribution in [0.4, 0.5) is 22.7 Å². The molecule has 4 aliphatic rings. The Balaban J connectivity index is 0.830. The van der Waals surface area contributed by atoms with E-state index in [4.69, 9.17) is 0 Å². The second-order valence-electron chi connectivity index (χ2n) is 20.3. The van der Waals surface area contributed by atoms with Crippen molar-refractivity contribution in [2.24, 2.45) is 0 Å². The van der Waals surface area contributed by atoms with Gasteiger partial charge >= 0.3 is 0 Å². The molecule has 0 radical (unpaired) electrons. The van der Waals surface area contributed by atoms with Crippen LogP contribution in [0.3, 0.4) is 0 Å². The third kappa shape index (κ3) is 6.78. The van der Waals surface area contributed by atoms with E-state index in [-0.39, 0.29) is 17.3 Å². The van der Waals surface area contributed by atoms with E-state index in [1.54, 1.807) is 0 Å². The number of thioether (sulfide) groups is 2. The van der Waals surface area contributed by atoms with Crippen molar-refractivity contribution in [2.75, 3.05) is 9.80 Å². The quantitative estimate of drug-likeness (QED) is 0.158. The van der Waals surface area contributed by atoms with E-state index in [1.807, 2.05) is 23.5 Å². The van der Waals surface area contributed by atoms with Crippen LogP contribution in [-0.2, 0) is 0 Å². The molecule has 12 aromatic rings. The summed E-state index contributed by atoms with van der Waals surface area (Å²) in [5.41, 5.74) is 24.0. The van der Waals surface area contributed by atoms with Crippen molar-refractivity contribution in [1.29, 1.82) is 0 Å². The SMILES string of the molecule is c1ccc(-c2cc(-c3ccccc3)cc(N3c4ccc(-c5ccc6c(c5)c5cc(-c7ccc8c(c7)C7Sc9ccccc9C7N8c7ccccc7)ccc5n6-c5ccccc5)cc4C4Sc5ccccc5C43)c2)cc1. The summed E-state index contributed by atoms with van der Waals surface area (Å²) in [4.78, 5) is 7.97. The molecule has 0 saturated carbocycles. The van der Waals surface area contributed by atoms with Crippen LogP contribution in [0.15, 0.2) is 271 Å². The van der Waals surface area contributed by atoms with Crippen molar-refractivity contribution in [2.45, 2.75) is 32.4 Å². The monoisotopic (exact) mass is 993 g/mol. The fraction of sp³-hybridized carbons (Fsp3) is 0.0571. The third-order valence-corrected chi connectivity index (χ3v) is 19.0. The molecule has 0 N–H and O–H groups in total. The number of hydrogen-bond acceptors (Lipinski definition) is 4. The zero-order chi connectivity index (χ0) is 49.1. The molecule has 0 amide bonds. The number of hydrogen-bond donors (Lipinski definition) is 0. The summed E-state index contributed by atoms with van der Waals surface area (Å²) in [6.07, 6.45) is 0. The van der Waals surface area contributed by atoms with Crippen LogP contribution in [0.25, 0.3) is 72.0 Å². The molecule has 5 heteroatoms. The average molecular weight is 994 g/mol. The highest BCUT2D eigenvalue weighted by atomic mass is 32.2. The summed E-state index contributed by atoms with van der Waals surface area (Å²) in [5, 5.41) is 3.05. The van der Waals surface area contributed by atoms with Gasteiger partial charge in [0.25, 0.3) is 0 Å².